The van der Waals surface area contributed by atoms with Gasteiger partial charge in [-0.3, -0.25) is 19.4 Å². The fourth-order valence-corrected chi connectivity index (χ4v) is 4.44. The van der Waals surface area contributed by atoms with Gasteiger partial charge in [-0.25, -0.2) is 4.39 Å². The molecule has 0 aliphatic carbocycles. The van der Waals surface area contributed by atoms with Gasteiger partial charge >= 0.3 is 0 Å². The smallest absolute Gasteiger partial charge is 0.262 e. The summed E-state index contributed by atoms with van der Waals surface area (Å²) in [6.07, 6.45) is 1.69. The molecule has 0 N–H and O–H groups in total. The van der Waals surface area contributed by atoms with Crippen LogP contribution in [0.4, 0.5) is 4.39 Å². The molecule has 164 valence electrons. The van der Waals surface area contributed by atoms with E-state index in [2.05, 4.69) is 10.1 Å². The van der Waals surface area contributed by atoms with Gasteiger partial charge in [0.2, 0.25) is 11.7 Å². The van der Waals surface area contributed by atoms with Gasteiger partial charge in [-0.05, 0) is 55.8 Å². The summed E-state index contributed by atoms with van der Waals surface area (Å²) in [5.74, 6) is -0.270. The van der Waals surface area contributed by atoms with Gasteiger partial charge in [0.1, 0.15) is 5.82 Å². The number of fused-ring (bicyclic) bond motifs is 1. The van der Waals surface area contributed by atoms with E-state index in [0.29, 0.717) is 23.8 Å². The molecule has 1 aromatic heterocycles. The van der Waals surface area contributed by atoms with Gasteiger partial charge in [0.05, 0.1) is 33.8 Å². The summed E-state index contributed by atoms with van der Waals surface area (Å²) in [5.41, 5.74) is 1.19. The van der Waals surface area contributed by atoms with Crippen molar-refractivity contribution < 1.29 is 18.5 Å². The maximum Gasteiger partial charge on any atom is 0.262 e. The fraction of sp³-hybridized carbons (Fsp3) is 0.273. The van der Waals surface area contributed by atoms with Crippen molar-refractivity contribution in [1.82, 2.24) is 19.9 Å². The Kier molecular flexibility index (Phi) is 5.44. The number of amides is 2. The lowest BCUT2D eigenvalue weighted by molar-refractivity contribution is 0.0499. The summed E-state index contributed by atoms with van der Waals surface area (Å²) in [6.45, 7) is 1.43. The molecule has 1 saturated heterocycles. The molecule has 3 heterocycles. The quantitative estimate of drug-likeness (QED) is 0.513. The molecule has 5 rings (SSSR count). The van der Waals surface area contributed by atoms with Crippen LogP contribution in [-0.4, -0.2) is 51.5 Å². The number of piperidine rings is 1. The third-order valence-corrected chi connectivity index (χ3v) is 6.47. The molecule has 1 atom stereocenters. The van der Waals surface area contributed by atoms with Crippen LogP contribution in [0.15, 0.2) is 40.9 Å². The zero-order valence-corrected chi connectivity index (χ0v) is 18.2. The zero-order chi connectivity index (χ0) is 22.4. The molecule has 3 aromatic rings. The third kappa shape index (κ3) is 3.79. The van der Waals surface area contributed by atoms with Crippen LogP contribution in [0.5, 0.6) is 0 Å². The Hall–Kier alpha value is -2.81. The van der Waals surface area contributed by atoms with E-state index in [0.717, 1.165) is 19.4 Å². The number of halogens is 3. The summed E-state index contributed by atoms with van der Waals surface area (Å²) in [6, 6.07) is 8.75. The van der Waals surface area contributed by atoms with Crippen LogP contribution >= 0.6 is 23.2 Å². The highest BCUT2D eigenvalue weighted by atomic mass is 35.5. The van der Waals surface area contributed by atoms with Crippen molar-refractivity contribution in [3.8, 4) is 11.4 Å². The van der Waals surface area contributed by atoms with E-state index in [4.69, 9.17) is 27.7 Å². The van der Waals surface area contributed by atoms with E-state index in [1.165, 1.54) is 29.2 Å². The summed E-state index contributed by atoms with van der Waals surface area (Å²) in [7, 11) is 0. The van der Waals surface area contributed by atoms with Crippen molar-refractivity contribution in [3.63, 3.8) is 0 Å². The first-order chi connectivity index (χ1) is 15.4. The van der Waals surface area contributed by atoms with Crippen molar-refractivity contribution in [2.45, 2.75) is 18.8 Å². The molecular formula is C22H17Cl2FN4O3. The Morgan fingerprint density at radius 2 is 1.72 bits per heavy atom. The fourth-order valence-electron chi connectivity index (χ4n) is 4.11. The minimum Gasteiger partial charge on any atom is -0.339 e. The van der Waals surface area contributed by atoms with Gasteiger partial charge in [0.25, 0.3) is 11.8 Å². The second-order valence-electron chi connectivity index (χ2n) is 7.87. The van der Waals surface area contributed by atoms with Crippen LogP contribution in [-0.2, 0) is 0 Å². The Balaban J connectivity index is 1.29. The lowest BCUT2D eigenvalue weighted by Crippen LogP contribution is -2.45. The molecule has 7 nitrogen and oxygen atoms in total. The number of hydrogen-bond acceptors (Lipinski definition) is 6. The van der Waals surface area contributed by atoms with Crippen LogP contribution in [0.25, 0.3) is 11.4 Å². The Labute approximate surface area is 192 Å². The van der Waals surface area contributed by atoms with Crippen molar-refractivity contribution in [3.05, 3.63) is 69.3 Å². The monoisotopic (exact) mass is 474 g/mol. The van der Waals surface area contributed by atoms with Crippen molar-refractivity contribution in [2.75, 3.05) is 19.8 Å². The van der Waals surface area contributed by atoms with Crippen LogP contribution in [0.1, 0.15) is 45.4 Å². The minimum absolute atomic E-state index is 0.0375. The maximum absolute atomic E-state index is 13.2. The number of imide groups is 1. The van der Waals surface area contributed by atoms with E-state index in [9.17, 15) is 14.0 Å². The average Bonchev–Trinajstić information content (AvgIpc) is 3.36. The second kappa shape index (κ2) is 8.27. The predicted octanol–water partition coefficient (Wildman–Crippen LogP) is 4.62. The molecule has 0 radical (unpaired) electrons. The highest BCUT2D eigenvalue weighted by Crippen LogP contribution is 2.33. The largest absolute Gasteiger partial charge is 0.339 e. The normalized spacial score (nSPS) is 19.0. The molecule has 1 fully saturated rings. The van der Waals surface area contributed by atoms with E-state index < -0.39 is 0 Å². The van der Waals surface area contributed by atoms with E-state index in [-0.39, 0.29) is 51.4 Å². The summed E-state index contributed by atoms with van der Waals surface area (Å²) < 4.78 is 18.6. The number of hydrogen-bond donors (Lipinski definition) is 0. The zero-order valence-electron chi connectivity index (χ0n) is 16.7. The molecule has 10 heteroatoms. The number of aromatic nitrogens is 2. The van der Waals surface area contributed by atoms with Gasteiger partial charge in [-0.15, -0.1) is 0 Å². The number of likely N-dealkylation sites (tertiary alicyclic amines) is 1. The average molecular weight is 475 g/mol. The molecule has 2 aliphatic rings. The van der Waals surface area contributed by atoms with Crippen molar-refractivity contribution >= 4 is 35.0 Å². The van der Waals surface area contributed by atoms with Crippen LogP contribution in [0, 0.1) is 5.82 Å². The minimum atomic E-state index is -0.387. The predicted molar refractivity (Wildman–Crippen MR) is 115 cm³/mol. The maximum atomic E-state index is 13.2. The van der Waals surface area contributed by atoms with Crippen molar-refractivity contribution in [2.24, 2.45) is 0 Å². The van der Waals surface area contributed by atoms with Crippen LogP contribution < -0.4 is 0 Å². The Morgan fingerprint density at radius 3 is 2.38 bits per heavy atom. The number of carbonyl (C=O) groups is 2. The second-order valence-corrected chi connectivity index (χ2v) is 8.69. The van der Waals surface area contributed by atoms with Gasteiger partial charge in [0.15, 0.2) is 0 Å². The first-order valence-electron chi connectivity index (χ1n) is 10.1. The molecule has 0 bridgehead atoms. The highest BCUT2D eigenvalue weighted by molar-refractivity contribution is 6.43. The highest BCUT2D eigenvalue weighted by Gasteiger charge is 2.38. The molecule has 0 saturated carbocycles. The van der Waals surface area contributed by atoms with E-state index >= 15 is 0 Å². The van der Waals surface area contributed by atoms with Crippen LogP contribution in [0.2, 0.25) is 10.0 Å². The summed E-state index contributed by atoms with van der Waals surface area (Å²) >= 11 is 12.0. The van der Waals surface area contributed by atoms with E-state index in [1.54, 1.807) is 12.1 Å². The topological polar surface area (TPSA) is 79.5 Å². The number of nitrogens with zero attached hydrogens (tertiary/aromatic N) is 4. The number of carbonyl (C=O) groups excluding carboxylic acids is 2. The summed E-state index contributed by atoms with van der Waals surface area (Å²) in [5, 5.41) is 4.49. The van der Waals surface area contributed by atoms with Crippen LogP contribution in [0.3, 0.4) is 0 Å². The Bertz CT molecular complexity index is 1170. The van der Waals surface area contributed by atoms with Gasteiger partial charge in [0, 0.05) is 12.1 Å². The Morgan fingerprint density at radius 1 is 1.06 bits per heavy atom. The molecule has 32 heavy (non-hydrogen) atoms. The SMILES string of the molecule is O=C1c2cc(Cl)c(Cl)cc2C(=O)N1CN1CCC[C@@H](c2nc(-c3ccc(F)cc3)no2)C1. The number of benzene rings is 2. The summed E-state index contributed by atoms with van der Waals surface area (Å²) in [4.78, 5) is 33.3. The standard InChI is InChI=1S/C22H17Cl2FN4O3/c23-17-8-15-16(9-18(17)24)22(31)29(21(15)30)11-28-7-1-2-13(10-28)20-26-19(27-32-20)12-3-5-14(25)6-4-12/h3-6,8-9,13H,1-2,7,10-11H2/t13-/m1/s1. The molecule has 0 unspecified atom stereocenters. The molecule has 0 spiro atoms. The van der Waals surface area contributed by atoms with Gasteiger partial charge in [-0.2, -0.15) is 4.98 Å². The first kappa shape index (κ1) is 21.1. The third-order valence-electron chi connectivity index (χ3n) is 5.75. The first-order valence-corrected chi connectivity index (χ1v) is 10.8. The lowest BCUT2D eigenvalue weighted by atomic mass is 9.98. The van der Waals surface area contributed by atoms with Gasteiger partial charge in [-0.1, -0.05) is 28.4 Å². The number of rotatable bonds is 4. The molecule has 2 aliphatic heterocycles. The molecule has 2 aromatic carbocycles. The molecule has 2 amide bonds. The van der Waals surface area contributed by atoms with E-state index in [1.807, 2.05) is 4.90 Å². The molecular weight excluding hydrogens is 458 g/mol. The lowest BCUT2D eigenvalue weighted by Gasteiger charge is -2.33. The van der Waals surface area contributed by atoms with Gasteiger partial charge < -0.3 is 4.52 Å². The van der Waals surface area contributed by atoms with Crippen molar-refractivity contribution in [1.29, 1.82) is 0 Å².